The maximum atomic E-state index is 10.9. The second-order valence-electron chi connectivity index (χ2n) is 4.88. The van der Waals surface area contributed by atoms with E-state index in [0.29, 0.717) is 18.6 Å². The number of halogens is 4. The van der Waals surface area contributed by atoms with Gasteiger partial charge in [0.05, 0.1) is 14.3 Å². The molecule has 0 heterocycles. The first kappa shape index (κ1) is 24.4. The van der Waals surface area contributed by atoms with Gasteiger partial charge in [0.15, 0.2) is 5.75 Å². The Bertz CT molecular complexity index is 757. The van der Waals surface area contributed by atoms with Gasteiger partial charge in [-0.25, -0.2) is 0 Å². The molecule has 5 nitrogen and oxygen atoms in total. The number of hydrogen-bond acceptors (Lipinski definition) is 4. The molecule has 130 valence electrons. The van der Waals surface area contributed by atoms with E-state index in [-0.39, 0.29) is 41.7 Å². The molecule has 10 heteroatoms. The third kappa shape index (κ3) is 6.74. The average Bonchev–Trinajstić information content (AvgIpc) is 2.48. The summed E-state index contributed by atoms with van der Waals surface area (Å²) < 4.78 is 9.14. The van der Waals surface area contributed by atoms with Crippen molar-refractivity contribution < 1.29 is 19.7 Å². The van der Waals surface area contributed by atoms with Gasteiger partial charge in [-0.1, -0.05) is 0 Å². The van der Waals surface area contributed by atoms with Crippen molar-refractivity contribution in [2.75, 3.05) is 0 Å². The fourth-order valence-corrected chi connectivity index (χ4v) is 5.72. The van der Waals surface area contributed by atoms with Crippen LogP contribution in [0.15, 0.2) is 24.3 Å². The second kappa shape index (κ2) is 10.8. The molecule has 0 radical (unpaired) electrons. The zero-order valence-electron chi connectivity index (χ0n) is 11.9. The van der Waals surface area contributed by atoms with Gasteiger partial charge in [0, 0.05) is 0 Å². The molecule has 2 rings (SSSR count). The van der Waals surface area contributed by atoms with Gasteiger partial charge in [-0.2, -0.15) is 0 Å². The Hall–Kier alpha value is 1.39. The van der Waals surface area contributed by atoms with Crippen LogP contribution >= 0.6 is 90.4 Å². The van der Waals surface area contributed by atoms with E-state index in [2.05, 4.69) is 90.4 Å². The second-order valence-corrected chi connectivity index (χ2v) is 9.52. The summed E-state index contributed by atoms with van der Waals surface area (Å²) in [6.45, 7) is 0. The van der Waals surface area contributed by atoms with E-state index < -0.39 is 12.0 Å². The van der Waals surface area contributed by atoms with E-state index in [4.69, 9.17) is 15.6 Å². The molecule has 2 aromatic rings. The van der Waals surface area contributed by atoms with E-state index in [1.54, 1.807) is 12.1 Å². The minimum atomic E-state index is -1.02. The quantitative estimate of drug-likeness (QED) is 0.316. The van der Waals surface area contributed by atoms with E-state index in [9.17, 15) is 9.90 Å². The molecule has 0 fully saturated rings. The zero-order valence-corrected chi connectivity index (χ0v) is 20.5. The molecule has 0 bridgehead atoms. The average molecular weight is 801 g/mol. The number of benzene rings is 2. The van der Waals surface area contributed by atoms with Gasteiger partial charge < -0.3 is 20.7 Å². The molecule has 0 amide bonds. The van der Waals surface area contributed by atoms with Gasteiger partial charge in [-0.15, -0.1) is 0 Å². The standard InChI is InChI=1S/C15H11I4NO4.Na.H/c16-8-4-7(5-9(17)13(8)21)24-14-10(18)1-6(2-11(14)19)3-12(20)15(22)23;;/h1-2,4-5,12,21H,3,20H2,(H,22,23);;/t12-;;/m0../s1. The number of carboxylic acids is 1. The number of ether oxygens (including phenoxy) is 1. The normalized spacial score (nSPS) is 11.6. The Morgan fingerprint density at radius 2 is 1.52 bits per heavy atom. The van der Waals surface area contributed by atoms with E-state index >= 15 is 0 Å². The van der Waals surface area contributed by atoms with E-state index in [1.807, 2.05) is 12.1 Å². The molecule has 0 aliphatic heterocycles. The third-order valence-corrected chi connectivity index (χ3v) is 6.29. The van der Waals surface area contributed by atoms with Crippen LogP contribution in [-0.2, 0) is 11.2 Å². The molecule has 0 aliphatic carbocycles. The van der Waals surface area contributed by atoms with Crippen molar-refractivity contribution in [2.45, 2.75) is 12.5 Å². The van der Waals surface area contributed by atoms with Crippen molar-refractivity contribution in [3.8, 4) is 17.2 Å². The Labute approximate surface area is 221 Å². The molecule has 0 unspecified atom stereocenters. The minimum absolute atomic E-state index is 0. The monoisotopic (exact) mass is 801 g/mol. The van der Waals surface area contributed by atoms with Crippen LogP contribution in [0.5, 0.6) is 17.2 Å². The number of aliphatic carboxylic acids is 1. The molecule has 0 spiro atoms. The van der Waals surface area contributed by atoms with Crippen LogP contribution in [0.1, 0.15) is 5.56 Å². The Balaban J connectivity index is 0.00000312. The summed E-state index contributed by atoms with van der Waals surface area (Å²) >= 11 is 8.42. The molecular weight excluding hydrogens is 789 g/mol. The van der Waals surface area contributed by atoms with Gasteiger partial charge in [0.25, 0.3) is 0 Å². The van der Waals surface area contributed by atoms with Crippen LogP contribution in [0.3, 0.4) is 0 Å². The number of phenolic OH excluding ortho intramolecular Hbond substituents is 1. The summed E-state index contributed by atoms with van der Waals surface area (Å²) in [5.74, 6) is 0.549. The zero-order chi connectivity index (χ0) is 18.0. The number of hydrogen-bond donors (Lipinski definition) is 3. The first-order chi connectivity index (χ1) is 11.2. The van der Waals surface area contributed by atoms with E-state index in [1.165, 1.54) is 0 Å². The van der Waals surface area contributed by atoms with Gasteiger partial charge >= 0.3 is 35.5 Å². The van der Waals surface area contributed by atoms with Gasteiger partial charge in [-0.3, -0.25) is 4.79 Å². The topological polar surface area (TPSA) is 92.8 Å². The van der Waals surface area contributed by atoms with Crippen molar-refractivity contribution in [1.82, 2.24) is 0 Å². The molecule has 1 atom stereocenters. The fourth-order valence-electron chi connectivity index (χ4n) is 1.89. The number of nitrogens with two attached hydrogens (primary N) is 1. The van der Waals surface area contributed by atoms with E-state index in [0.717, 1.165) is 12.7 Å². The first-order valence-electron chi connectivity index (χ1n) is 6.51. The number of carbonyl (C=O) groups is 1. The summed E-state index contributed by atoms with van der Waals surface area (Å²) in [5.41, 5.74) is 6.44. The molecule has 0 saturated carbocycles. The third-order valence-electron chi connectivity index (χ3n) is 3.04. The van der Waals surface area contributed by atoms with Crippen LogP contribution < -0.4 is 10.5 Å². The van der Waals surface area contributed by atoms with Crippen molar-refractivity contribution in [3.63, 3.8) is 0 Å². The number of rotatable bonds is 5. The predicted octanol–water partition coefficient (Wildman–Crippen LogP) is 3.91. The van der Waals surface area contributed by atoms with Crippen molar-refractivity contribution in [2.24, 2.45) is 5.73 Å². The molecule has 25 heavy (non-hydrogen) atoms. The van der Waals surface area contributed by atoms with Crippen molar-refractivity contribution in [1.29, 1.82) is 0 Å². The summed E-state index contributed by atoms with van der Waals surface area (Å²) in [6.07, 6.45) is 0.261. The van der Waals surface area contributed by atoms with Crippen LogP contribution in [-0.4, -0.2) is 51.8 Å². The van der Waals surface area contributed by atoms with Crippen LogP contribution in [0.4, 0.5) is 0 Å². The summed E-state index contributed by atoms with van der Waals surface area (Å²) in [6, 6.07) is 6.34. The molecular formula is C15H12I4NNaO4. The summed E-state index contributed by atoms with van der Waals surface area (Å²) in [5, 5.41) is 18.8. The van der Waals surface area contributed by atoms with Gasteiger partial charge in [0.1, 0.15) is 17.5 Å². The number of aromatic hydroxyl groups is 1. The Morgan fingerprint density at radius 3 is 1.96 bits per heavy atom. The maximum absolute atomic E-state index is 10.9. The SMILES string of the molecule is N[C@@H](Cc1cc(I)c(Oc2cc(I)c(O)c(I)c2)c(I)c1)C(=O)O.[NaH]. The molecule has 4 N–H and O–H groups in total. The molecule has 0 aromatic heterocycles. The van der Waals surface area contributed by atoms with Crippen LogP contribution in [0.2, 0.25) is 0 Å². The first-order valence-corrected chi connectivity index (χ1v) is 10.8. The van der Waals surface area contributed by atoms with Crippen molar-refractivity contribution >= 4 is 126 Å². The number of carboxylic acid groups (broad SMARTS) is 1. The molecule has 0 aliphatic rings. The summed E-state index contributed by atoms with van der Waals surface area (Å²) in [7, 11) is 0. The van der Waals surface area contributed by atoms with Crippen molar-refractivity contribution in [3.05, 3.63) is 44.1 Å². The van der Waals surface area contributed by atoms with Crippen LogP contribution in [0, 0.1) is 14.3 Å². The number of phenols is 1. The fraction of sp³-hybridized carbons (Fsp3) is 0.133. The Kier molecular flexibility index (Phi) is 10.6. The summed E-state index contributed by atoms with van der Waals surface area (Å²) in [4.78, 5) is 10.9. The van der Waals surface area contributed by atoms with Gasteiger partial charge in [0.2, 0.25) is 0 Å². The Morgan fingerprint density at radius 1 is 1.04 bits per heavy atom. The predicted molar refractivity (Wildman–Crippen MR) is 132 cm³/mol. The van der Waals surface area contributed by atoms with Crippen LogP contribution in [0.25, 0.3) is 0 Å². The van der Waals surface area contributed by atoms with Gasteiger partial charge in [-0.05, 0) is 127 Å². The molecule has 0 saturated heterocycles. The molecule has 2 aromatic carbocycles.